The lowest BCUT2D eigenvalue weighted by Gasteiger charge is -2.35. The van der Waals surface area contributed by atoms with E-state index in [9.17, 15) is 17.6 Å². The van der Waals surface area contributed by atoms with E-state index in [1.807, 2.05) is 26.8 Å². The maximum atomic E-state index is 12.9. The highest BCUT2D eigenvalue weighted by atomic mass is 32.2. The number of anilines is 1. The molecule has 1 amide bonds. The van der Waals surface area contributed by atoms with Crippen molar-refractivity contribution in [3.63, 3.8) is 0 Å². The molecule has 7 nitrogen and oxygen atoms in total. The molecule has 1 heterocycles. The Hall–Kier alpha value is -2.81. The molecule has 1 aliphatic rings. The van der Waals surface area contributed by atoms with Crippen LogP contribution < -0.4 is 19.1 Å². The zero-order valence-electron chi connectivity index (χ0n) is 18.0. The first-order chi connectivity index (χ1) is 14.4. The Morgan fingerprint density at radius 1 is 1.23 bits per heavy atom. The van der Waals surface area contributed by atoms with Crippen molar-refractivity contribution in [1.82, 2.24) is 5.32 Å². The van der Waals surface area contributed by atoms with Gasteiger partial charge in [0.05, 0.1) is 25.0 Å². The molecular weight excluding hydrogens is 423 g/mol. The number of ether oxygens (including phenoxy) is 2. The van der Waals surface area contributed by atoms with Gasteiger partial charge in [0.2, 0.25) is 10.0 Å². The second kappa shape index (κ2) is 8.74. The van der Waals surface area contributed by atoms with Crippen LogP contribution in [0.1, 0.15) is 26.3 Å². The van der Waals surface area contributed by atoms with E-state index >= 15 is 0 Å². The van der Waals surface area contributed by atoms with E-state index in [1.165, 1.54) is 28.6 Å². The molecule has 1 aliphatic heterocycles. The van der Waals surface area contributed by atoms with Gasteiger partial charge in [-0.25, -0.2) is 12.8 Å². The third-order valence-electron chi connectivity index (χ3n) is 4.87. The maximum Gasteiger partial charge on any atom is 0.263 e. The third-order valence-corrected chi connectivity index (χ3v) is 6.02. The van der Waals surface area contributed by atoms with E-state index in [1.54, 1.807) is 12.1 Å². The van der Waals surface area contributed by atoms with Gasteiger partial charge >= 0.3 is 0 Å². The monoisotopic (exact) mass is 450 g/mol. The van der Waals surface area contributed by atoms with Gasteiger partial charge < -0.3 is 14.8 Å². The summed E-state index contributed by atoms with van der Waals surface area (Å²) < 4.78 is 50.2. The second-order valence-electron chi connectivity index (χ2n) is 8.43. The van der Waals surface area contributed by atoms with Crippen molar-refractivity contribution in [2.75, 3.05) is 30.3 Å². The van der Waals surface area contributed by atoms with Crippen LogP contribution in [-0.4, -0.2) is 46.4 Å². The van der Waals surface area contributed by atoms with Crippen LogP contribution in [0.25, 0.3) is 0 Å². The van der Waals surface area contributed by atoms with Crippen molar-refractivity contribution < 1.29 is 27.1 Å². The number of amides is 1. The minimum absolute atomic E-state index is 0.121. The van der Waals surface area contributed by atoms with Gasteiger partial charge in [0.1, 0.15) is 23.9 Å². The molecule has 0 aliphatic carbocycles. The Morgan fingerprint density at radius 3 is 2.52 bits per heavy atom. The van der Waals surface area contributed by atoms with Crippen LogP contribution in [0.5, 0.6) is 11.5 Å². The minimum atomic E-state index is -3.61. The summed E-state index contributed by atoms with van der Waals surface area (Å²) in [5.41, 5.74) is 1.22. The number of carbonyl (C=O) groups is 1. The summed E-state index contributed by atoms with van der Waals surface area (Å²) in [5, 5.41) is 2.69. The highest BCUT2D eigenvalue weighted by Gasteiger charge is 2.35. The molecule has 0 saturated heterocycles. The van der Waals surface area contributed by atoms with Gasteiger partial charge in [-0.15, -0.1) is 0 Å². The van der Waals surface area contributed by atoms with Crippen molar-refractivity contribution in [3.05, 3.63) is 53.8 Å². The molecule has 0 radical (unpaired) electrons. The quantitative estimate of drug-likeness (QED) is 0.684. The van der Waals surface area contributed by atoms with Gasteiger partial charge in [-0.2, -0.15) is 0 Å². The molecular formula is C22H27FN2O5S. The fraction of sp³-hybridized carbons (Fsp3) is 0.409. The summed E-state index contributed by atoms with van der Waals surface area (Å²) in [6, 6.07) is 10.9. The molecule has 168 valence electrons. The van der Waals surface area contributed by atoms with Gasteiger partial charge in [-0.05, 0) is 47.4 Å². The zero-order valence-corrected chi connectivity index (χ0v) is 18.8. The lowest BCUT2D eigenvalue weighted by atomic mass is 9.86. The topological polar surface area (TPSA) is 84.9 Å². The van der Waals surface area contributed by atoms with Gasteiger partial charge in [-0.1, -0.05) is 26.8 Å². The summed E-state index contributed by atoms with van der Waals surface area (Å²) in [6.07, 6.45) is 0.116. The Labute approximate surface area is 182 Å². The highest BCUT2D eigenvalue weighted by molar-refractivity contribution is 7.92. The number of carbonyl (C=O) groups excluding carboxylic acids is 1. The Balaban J connectivity index is 1.67. The number of nitrogens with zero attached hydrogens (tertiary/aromatic N) is 1. The van der Waals surface area contributed by atoms with Gasteiger partial charge in [-0.3, -0.25) is 9.10 Å². The smallest absolute Gasteiger partial charge is 0.263 e. The number of fused-ring (bicyclic) bond motifs is 1. The average molecular weight is 451 g/mol. The first-order valence-electron chi connectivity index (χ1n) is 9.90. The van der Waals surface area contributed by atoms with Crippen LogP contribution in [0.4, 0.5) is 10.1 Å². The molecule has 31 heavy (non-hydrogen) atoms. The summed E-state index contributed by atoms with van der Waals surface area (Å²) in [6.45, 7) is 6.34. The highest BCUT2D eigenvalue weighted by Crippen LogP contribution is 2.38. The number of benzene rings is 2. The van der Waals surface area contributed by atoms with Crippen molar-refractivity contribution >= 4 is 21.6 Å². The van der Waals surface area contributed by atoms with Crippen molar-refractivity contribution in [1.29, 1.82) is 0 Å². The molecule has 0 aromatic heterocycles. The van der Waals surface area contributed by atoms with E-state index < -0.39 is 22.0 Å². The first kappa shape index (κ1) is 22.9. The molecule has 2 aromatic carbocycles. The van der Waals surface area contributed by atoms with Crippen LogP contribution in [0.15, 0.2) is 42.5 Å². The Bertz CT molecular complexity index is 1050. The second-order valence-corrected chi connectivity index (χ2v) is 10.3. The first-order valence-corrected chi connectivity index (χ1v) is 11.7. The number of hydrogen-bond donors (Lipinski definition) is 1. The standard InChI is InChI=1S/C22H27FN2O5S/c1-22(2,3)15-5-10-19-18(13-15)25(31(4,27)28)14-20(30-19)21(26)24-11-12-29-17-8-6-16(23)7-9-17/h5-10,13,20H,11-12,14H2,1-4H3,(H,24,26)/t20-/m0/s1. The molecule has 1 atom stereocenters. The molecule has 2 aromatic rings. The lowest BCUT2D eigenvalue weighted by molar-refractivity contribution is -0.127. The van der Waals surface area contributed by atoms with Gasteiger partial charge in [0, 0.05) is 0 Å². The molecule has 0 unspecified atom stereocenters. The third kappa shape index (κ3) is 5.66. The summed E-state index contributed by atoms with van der Waals surface area (Å²) >= 11 is 0. The van der Waals surface area contributed by atoms with Crippen LogP contribution in [0, 0.1) is 5.82 Å². The minimum Gasteiger partial charge on any atom is -0.492 e. The van der Waals surface area contributed by atoms with Crippen LogP contribution in [0.2, 0.25) is 0 Å². The van der Waals surface area contributed by atoms with Gasteiger partial charge in [0.25, 0.3) is 5.91 Å². The SMILES string of the molecule is CC(C)(C)c1ccc2c(c1)N(S(C)(=O)=O)C[C@@H](C(=O)NCCOc1ccc(F)cc1)O2. The van der Waals surface area contributed by atoms with E-state index in [4.69, 9.17) is 9.47 Å². The number of sulfonamides is 1. The largest absolute Gasteiger partial charge is 0.492 e. The summed E-state index contributed by atoms with van der Waals surface area (Å²) in [5.74, 6) is 0.0196. The van der Waals surface area contributed by atoms with E-state index in [0.29, 0.717) is 17.2 Å². The number of hydrogen-bond acceptors (Lipinski definition) is 5. The fourth-order valence-corrected chi connectivity index (χ4v) is 4.06. The van der Waals surface area contributed by atoms with Crippen molar-refractivity contribution in [2.45, 2.75) is 32.3 Å². The number of halogens is 1. The number of rotatable bonds is 6. The van der Waals surface area contributed by atoms with Crippen molar-refractivity contribution in [3.8, 4) is 11.5 Å². The van der Waals surface area contributed by atoms with Crippen LogP contribution >= 0.6 is 0 Å². The predicted molar refractivity (Wildman–Crippen MR) is 117 cm³/mol. The normalized spacial score (nSPS) is 16.3. The maximum absolute atomic E-state index is 12.9. The molecule has 9 heteroatoms. The molecule has 3 rings (SSSR count). The Morgan fingerprint density at radius 2 is 1.90 bits per heavy atom. The zero-order chi connectivity index (χ0) is 22.8. The summed E-state index contributed by atoms with van der Waals surface area (Å²) in [7, 11) is -3.61. The molecule has 0 saturated carbocycles. The molecule has 0 spiro atoms. The lowest BCUT2D eigenvalue weighted by Crippen LogP contribution is -2.51. The van der Waals surface area contributed by atoms with E-state index in [2.05, 4.69) is 5.32 Å². The summed E-state index contributed by atoms with van der Waals surface area (Å²) in [4.78, 5) is 12.6. The van der Waals surface area contributed by atoms with Crippen LogP contribution in [0.3, 0.4) is 0 Å². The van der Waals surface area contributed by atoms with E-state index in [-0.39, 0.29) is 30.9 Å². The average Bonchev–Trinajstić information content (AvgIpc) is 2.69. The molecule has 0 bridgehead atoms. The van der Waals surface area contributed by atoms with Crippen molar-refractivity contribution in [2.24, 2.45) is 0 Å². The fourth-order valence-electron chi connectivity index (χ4n) is 3.16. The molecule has 0 fully saturated rings. The number of nitrogens with one attached hydrogen (secondary N) is 1. The Kier molecular flexibility index (Phi) is 6.45. The molecule has 1 N–H and O–H groups in total. The van der Waals surface area contributed by atoms with Gasteiger partial charge in [0.15, 0.2) is 6.10 Å². The van der Waals surface area contributed by atoms with Crippen LogP contribution in [-0.2, 0) is 20.2 Å². The predicted octanol–water partition coefficient (Wildman–Crippen LogP) is 2.85. The van der Waals surface area contributed by atoms with E-state index in [0.717, 1.165) is 11.8 Å².